The first-order chi connectivity index (χ1) is 7.78. The number of aliphatic hydroxyl groups excluding tert-OH is 1. The van der Waals surface area contributed by atoms with E-state index in [1.807, 2.05) is 0 Å². The first-order valence-corrected chi connectivity index (χ1v) is 6.17. The fourth-order valence-electron chi connectivity index (χ4n) is 1.87. The molecular formula is C10H11NO5S. The summed E-state index contributed by atoms with van der Waals surface area (Å²) in [5.41, 5.74) is 5.67. The van der Waals surface area contributed by atoms with E-state index in [-0.39, 0.29) is 11.1 Å². The molecule has 5 N–H and O–H groups in total. The van der Waals surface area contributed by atoms with Crippen LogP contribution in [0.2, 0.25) is 0 Å². The topological polar surface area (TPSA) is 121 Å². The van der Waals surface area contributed by atoms with Crippen LogP contribution in [-0.2, 0) is 15.1 Å². The highest BCUT2D eigenvalue weighted by atomic mass is 32.2. The smallest absolute Gasteiger partial charge is 0.301 e. The molecule has 2 rings (SSSR count). The van der Waals surface area contributed by atoms with Crippen LogP contribution >= 0.6 is 0 Å². The lowest BCUT2D eigenvalue weighted by Gasteiger charge is -2.34. The molecule has 2 atom stereocenters. The van der Waals surface area contributed by atoms with Crippen LogP contribution in [0.4, 0.5) is 0 Å². The molecule has 7 heteroatoms. The van der Waals surface area contributed by atoms with E-state index in [0.29, 0.717) is 0 Å². The van der Waals surface area contributed by atoms with Crippen LogP contribution in [0.1, 0.15) is 11.1 Å². The Balaban J connectivity index is 2.82. The standard InChI is InChI=1S/C10H11NO5S/c11-9-8(12)5-6-3-1-2-4-7(6)10(9,13)17(14,15)16/h1-5,9,12-13H,11H2,(H,14,15,16). The number of hydrogen-bond acceptors (Lipinski definition) is 5. The molecule has 0 heterocycles. The normalized spacial score (nSPS) is 28.4. The van der Waals surface area contributed by atoms with Crippen LogP contribution in [0.5, 0.6) is 0 Å². The third kappa shape index (κ3) is 1.55. The quantitative estimate of drug-likeness (QED) is 0.524. The van der Waals surface area contributed by atoms with E-state index in [2.05, 4.69) is 0 Å². The Kier molecular flexibility index (Phi) is 2.51. The van der Waals surface area contributed by atoms with Crippen LogP contribution in [0.15, 0.2) is 30.0 Å². The van der Waals surface area contributed by atoms with Crippen molar-refractivity contribution in [3.05, 3.63) is 41.2 Å². The lowest BCUT2D eigenvalue weighted by atomic mass is 9.90. The second kappa shape index (κ2) is 3.54. The van der Waals surface area contributed by atoms with Gasteiger partial charge in [0.15, 0.2) is 0 Å². The Morgan fingerprint density at radius 1 is 1.29 bits per heavy atom. The maximum absolute atomic E-state index is 11.3. The van der Waals surface area contributed by atoms with E-state index in [1.165, 1.54) is 24.3 Å². The van der Waals surface area contributed by atoms with Gasteiger partial charge in [-0.2, -0.15) is 8.42 Å². The largest absolute Gasteiger partial charge is 0.510 e. The van der Waals surface area contributed by atoms with Crippen molar-refractivity contribution in [2.75, 3.05) is 0 Å². The molecule has 2 unspecified atom stereocenters. The number of rotatable bonds is 1. The van der Waals surface area contributed by atoms with Crippen molar-refractivity contribution in [1.29, 1.82) is 0 Å². The summed E-state index contributed by atoms with van der Waals surface area (Å²) in [5, 5.41) is 19.7. The van der Waals surface area contributed by atoms with Crippen molar-refractivity contribution in [3.63, 3.8) is 0 Å². The van der Waals surface area contributed by atoms with Crippen LogP contribution < -0.4 is 5.73 Å². The van der Waals surface area contributed by atoms with E-state index in [0.717, 1.165) is 0 Å². The maximum Gasteiger partial charge on any atom is 0.301 e. The van der Waals surface area contributed by atoms with Gasteiger partial charge in [0.1, 0.15) is 11.8 Å². The first-order valence-electron chi connectivity index (χ1n) is 4.73. The van der Waals surface area contributed by atoms with E-state index in [9.17, 15) is 18.6 Å². The van der Waals surface area contributed by atoms with Gasteiger partial charge in [-0.1, -0.05) is 24.3 Å². The summed E-state index contributed by atoms with van der Waals surface area (Å²) in [5.74, 6) is -0.510. The lowest BCUT2D eigenvalue weighted by Crippen LogP contribution is -2.53. The number of nitrogens with two attached hydrogens (primary N) is 1. The second-order valence-corrected chi connectivity index (χ2v) is 5.38. The summed E-state index contributed by atoms with van der Waals surface area (Å²) >= 11 is 0. The Bertz CT molecular complexity index is 594. The van der Waals surface area contributed by atoms with Gasteiger partial charge >= 0.3 is 10.1 Å². The number of benzene rings is 1. The molecule has 0 spiro atoms. The van der Waals surface area contributed by atoms with Crippen LogP contribution in [-0.4, -0.2) is 29.2 Å². The van der Waals surface area contributed by atoms with E-state index < -0.39 is 26.9 Å². The van der Waals surface area contributed by atoms with Gasteiger partial charge in [0, 0.05) is 5.56 Å². The molecule has 1 aromatic rings. The predicted molar refractivity (Wildman–Crippen MR) is 60.5 cm³/mol. The van der Waals surface area contributed by atoms with Gasteiger partial charge < -0.3 is 15.9 Å². The van der Waals surface area contributed by atoms with E-state index in [4.69, 9.17) is 10.3 Å². The Labute approximate surface area is 97.8 Å². The zero-order valence-electron chi connectivity index (χ0n) is 8.61. The van der Waals surface area contributed by atoms with Gasteiger partial charge in [-0.25, -0.2) is 0 Å². The summed E-state index contributed by atoms with van der Waals surface area (Å²) in [6.45, 7) is 0. The summed E-state index contributed by atoms with van der Waals surface area (Å²) in [6.07, 6.45) is 1.25. The van der Waals surface area contributed by atoms with Crippen molar-refractivity contribution in [1.82, 2.24) is 0 Å². The predicted octanol–water partition coefficient (Wildman–Crippen LogP) is -0.0407. The molecule has 6 nitrogen and oxygen atoms in total. The van der Waals surface area contributed by atoms with Crippen LogP contribution in [0.3, 0.4) is 0 Å². The minimum Gasteiger partial charge on any atom is -0.510 e. The average Bonchev–Trinajstić information content (AvgIpc) is 2.24. The van der Waals surface area contributed by atoms with E-state index in [1.54, 1.807) is 6.07 Å². The number of hydrogen-bond donors (Lipinski definition) is 4. The second-order valence-electron chi connectivity index (χ2n) is 3.81. The number of aliphatic hydroxyl groups is 2. The maximum atomic E-state index is 11.3. The van der Waals surface area contributed by atoms with Gasteiger partial charge in [-0.3, -0.25) is 4.55 Å². The Morgan fingerprint density at radius 2 is 1.88 bits per heavy atom. The molecule has 0 aliphatic heterocycles. The van der Waals surface area contributed by atoms with Crippen LogP contribution in [0.25, 0.3) is 6.08 Å². The molecule has 0 fully saturated rings. The summed E-state index contributed by atoms with van der Waals surface area (Å²) < 4.78 is 31.8. The Hall–Kier alpha value is -1.41. The summed E-state index contributed by atoms with van der Waals surface area (Å²) in [6, 6.07) is 4.29. The van der Waals surface area contributed by atoms with Crippen molar-refractivity contribution in [2.45, 2.75) is 11.0 Å². The Morgan fingerprint density at radius 3 is 2.47 bits per heavy atom. The fourth-order valence-corrected chi connectivity index (χ4v) is 2.77. The molecular weight excluding hydrogens is 246 g/mol. The van der Waals surface area contributed by atoms with Gasteiger partial charge in [-0.15, -0.1) is 0 Å². The van der Waals surface area contributed by atoms with Gasteiger partial charge in [0.25, 0.3) is 0 Å². The molecule has 0 bridgehead atoms. The summed E-state index contributed by atoms with van der Waals surface area (Å²) in [7, 11) is -4.89. The highest BCUT2D eigenvalue weighted by Gasteiger charge is 2.53. The lowest BCUT2D eigenvalue weighted by molar-refractivity contribution is 0.0783. The molecule has 1 aliphatic carbocycles. The van der Waals surface area contributed by atoms with Gasteiger partial charge in [-0.05, 0) is 11.6 Å². The highest BCUT2D eigenvalue weighted by molar-refractivity contribution is 7.86. The molecule has 0 aromatic heterocycles. The van der Waals surface area contributed by atoms with E-state index >= 15 is 0 Å². The van der Waals surface area contributed by atoms with Gasteiger partial charge in [0.2, 0.25) is 4.93 Å². The summed E-state index contributed by atoms with van der Waals surface area (Å²) in [4.78, 5) is -2.73. The number of fused-ring (bicyclic) bond motifs is 1. The zero-order chi connectivity index (χ0) is 12.8. The van der Waals surface area contributed by atoms with Crippen molar-refractivity contribution >= 4 is 16.2 Å². The van der Waals surface area contributed by atoms with Gasteiger partial charge in [0.05, 0.1) is 0 Å². The monoisotopic (exact) mass is 257 g/mol. The third-order valence-electron chi connectivity index (χ3n) is 2.78. The van der Waals surface area contributed by atoms with Crippen molar-refractivity contribution < 1.29 is 23.2 Å². The molecule has 0 saturated heterocycles. The molecule has 1 aliphatic rings. The molecule has 0 saturated carbocycles. The minimum atomic E-state index is -4.89. The van der Waals surface area contributed by atoms with Crippen molar-refractivity contribution in [3.8, 4) is 0 Å². The SMILES string of the molecule is NC1C(O)=Cc2ccccc2C1(O)S(=O)(=O)O. The molecule has 0 amide bonds. The molecule has 92 valence electrons. The highest BCUT2D eigenvalue weighted by Crippen LogP contribution is 2.38. The molecule has 0 radical (unpaired) electrons. The van der Waals surface area contributed by atoms with Crippen molar-refractivity contribution in [2.24, 2.45) is 5.73 Å². The zero-order valence-corrected chi connectivity index (χ0v) is 9.42. The third-order valence-corrected chi connectivity index (χ3v) is 4.04. The minimum absolute atomic E-state index is 0.0622. The van der Waals surface area contributed by atoms with Crippen LogP contribution in [0, 0.1) is 0 Å². The molecule has 1 aromatic carbocycles. The first kappa shape index (κ1) is 12.1. The molecule has 17 heavy (non-hydrogen) atoms. The fraction of sp³-hybridized carbons (Fsp3) is 0.200. The average molecular weight is 257 g/mol.